The Kier molecular flexibility index (Phi) is 7.48. The summed E-state index contributed by atoms with van der Waals surface area (Å²) in [6.07, 6.45) is -1.31. The van der Waals surface area contributed by atoms with Crippen LogP contribution in [0, 0.1) is 5.92 Å². The number of piperidine rings is 1. The van der Waals surface area contributed by atoms with E-state index in [0.717, 1.165) is 11.4 Å². The predicted molar refractivity (Wildman–Crippen MR) is 148 cm³/mol. The number of fused-ring (bicyclic) bond motifs is 1. The van der Waals surface area contributed by atoms with Crippen LogP contribution in [0.2, 0.25) is 0 Å². The summed E-state index contributed by atoms with van der Waals surface area (Å²) in [5.74, 6) is 0.519. The Morgan fingerprint density at radius 1 is 1.10 bits per heavy atom. The standard InChI is InChI=1S/C30H34F3N5O4/c1-36-18-34-35-26(36)14-29(16-42-17-29)20-5-4-6-21(11-20)38-15-24-23(27(38)39)12-22(13-25(24)30(31,32)33)37-9-7-19(8-10-37)28(40-2)41-3/h4-6,11-13,18-19,28H,7-10,14-17H2,1-3H3. The number of aromatic nitrogens is 3. The van der Waals surface area contributed by atoms with Crippen LogP contribution >= 0.6 is 0 Å². The molecule has 12 heteroatoms. The van der Waals surface area contributed by atoms with Crippen LogP contribution in [-0.4, -0.2) is 67.5 Å². The Morgan fingerprint density at radius 2 is 1.83 bits per heavy atom. The Labute approximate surface area is 242 Å². The van der Waals surface area contributed by atoms with Crippen LogP contribution in [-0.2, 0) is 45.8 Å². The highest BCUT2D eigenvalue weighted by molar-refractivity contribution is 6.11. The molecule has 0 radical (unpaired) electrons. The van der Waals surface area contributed by atoms with Gasteiger partial charge in [0.1, 0.15) is 12.2 Å². The quantitative estimate of drug-likeness (QED) is 0.364. The van der Waals surface area contributed by atoms with Gasteiger partial charge < -0.3 is 28.6 Å². The van der Waals surface area contributed by atoms with Crippen molar-refractivity contribution in [1.29, 1.82) is 0 Å². The molecule has 0 unspecified atom stereocenters. The fourth-order valence-corrected chi connectivity index (χ4v) is 6.44. The first-order valence-electron chi connectivity index (χ1n) is 14.0. The van der Waals surface area contributed by atoms with E-state index in [0.29, 0.717) is 56.9 Å². The molecule has 9 nitrogen and oxygen atoms in total. The maximum absolute atomic E-state index is 14.4. The van der Waals surface area contributed by atoms with Gasteiger partial charge in [0.2, 0.25) is 0 Å². The number of amides is 1. The molecule has 1 aromatic heterocycles. The summed E-state index contributed by atoms with van der Waals surface area (Å²) < 4.78 is 61.4. The van der Waals surface area contributed by atoms with Gasteiger partial charge in [0.25, 0.3) is 5.91 Å². The lowest BCUT2D eigenvalue weighted by atomic mass is 9.75. The maximum Gasteiger partial charge on any atom is 0.416 e. The van der Waals surface area contributed by atoms with Crippen molar-refractivity contribution in [3.63, 3.8) is 0 Å². The summed E-state index contributed by atoms with van der Waals surface area (Å²) in [6.45, 7) is 1.89. The van der Waals surface area contributed by atoms with Crippen LogP contribution in [0.3, 0.4) is 0 Å². The van der Waals surface area contributed by atoms with Crippen molar-refractivity contribution in [2.45, 2.75) is 43.7 Å². The first kappa shape index (κ1) is 28.6. The highest BCUT2D eigenvalue weighted by Gasteiger charge is 2.44. The number of alkyl halides is 3. The minimum Gasteiger partial charge on any atom is -0.379 e. The van der Waals surface area contributed by atoms with Gasteiger partial charge in [-0.25, -0.2) is 0 Å². The van der Waals surface area contributed by atoms with Crippen molar-refractivity contribution in [3.8, 4) is 0 Å². The third-order valence-corrected chi connectivity index (χ3v) is 8.91. The van der Waals surface area contributed by atoms with Gasteiger partial charge in [0, 0.05) is 69.0 Å². The SMILES string of the molecule is COC(OC)C1CCN(c2cc3c(c(C(F)(F)F)c2)CN(c2cccc(C4(Cc5nncn5C)COC4)c2)C3=O)CC1. The molecule has 3 aliphatic rings. The molecule has 0 saturated carbocycles. The van der Waals surface area contributed by atoms with Gasteiger partial charge >= 0.3 is 6.18 Å². The van der Waals surface area contributed by atoms with Crippen molar-refractivity contribution in [1.82, 2.24) is 14.8 Å². The van der Waals surface area contributed by atoms with E-state index in [9.17, 15) is 18.0 Å². The van der Waals surface area contributed by atoms with Gasteiger partial charge in [-0.1, -0.05) is 12.1 Å². The Morgan fingerprint density at radius 3 is 2.43 bits per heavy atom. The van der Waals surface area contributed by atoms with E-state index in [2.05, 4.69) is 10.2 Å². The van der Waals surface area contributed by atoms with E-state index in [1.54, 1.807) is 32.7 Å². The molecule has 2 aromatic carbocycles. The summed E-state index contributed by atoms with van der Waals surface area (Å²) in [6, 6.07) is 10.3. The van der Waals surface area contributed by atoms with Gasteiger partial charge in [-0.2, -0.15) is 13.2 Å². The summed E-state index contributed by atoms with van der Waals surface area (Å²) in [4.78, 5) is 17.1. The smallest absolute Gasteiger partial charge is 0.379 e. The molecule has 42 heavy (non-hydrogen) atoms. The van der Waals surface area contributed by atoms with Crippen LogP contribution in [0.25, 0.3) is 0 Å². The molecule has 0 N–H and O–H groups in total. The van der Waals surface area contributed by atoms with E-state index >= 15 is 0 Å². The van der Waals surface area contributed by atoms with Crippen molar-refractivity contribution in [3.05, 3.63) is 70.8 Å². The molecule has 224 valence electrons. The van der Waals surface area contributed by atoms with Gasteiger partial charge in [-0.3, -0.25) is 4.79 Å². The lowest BCUT2D eigenvalue weighted by Crippen LogP contribution is -2.49. The van der Waals surface area contributed by atoms with Crippen molar-refractivity contribution in [2.75, 3.05) is 50.3 Å². The number of benzene rings is 2. The summed E-state index contributed by atoms with van der Waals surface area (Å²) in [5, 5.41) is 8.19. The van der Waals surface area contributed by atoms with Gasteiger partial charge in [-0.15, -0.1) is 10.2 Å². The number of hydrogen-bond acceptors (Lipinski definition) is 7. The number of carbonyl (C=O) groups is 1. The summed E-state index contributed by atoms with van der Waals surface area (Å²) in [5.41, 5.74) is 0.900. The maximum atomic E-state index is 14.4. The molecule has 2 fully saturated rings. The number of aryl methyl sites for hydroxylation is 1. The third kappa shape index (κ3) is 5.05. The van der Waals surface area contributed by atoms with E-state index < -0.39 is 17.6 Å². The number of methoxy groups -OCH3 is 2. The number of carbonyl (C=O) groups excluding carboxylic acids is 1. The van der Waals surface area contributed by atoms with E-state index in [1.165, 1.54) is 11.0 Å². The molecular formula is C30H34F3N5O4. The number of nitrogens with zero attached hydrogens (tertiary/aromatic N) is 5. The molecule has 0 bridgehead atoms. The van der Waals surface area contributed by atoms with E-state index in [4.69, 9.17) is 14.2 Å². The number of rotatable bonds is 8. The molecule has 6 rings (SSSR count). The van der Waals surface area contributed by atoms with Crippen LogP contribution in [0.15, 0.2) is 42.7 Å². The molecule has 0 spiro atoms. The van der Waals surface area contributed by atoms with Crippen molar-refractivity contribution < 1.29 is 32.2 Å². The number of ether oxygens (including phenoxy) is 3. The number of anilines is 2. The van der Waals surface area contributed by atoms with Crippen LogP contribution in [0.5, 0.6) is 0 Å². The molecule has 3 aliphatic heterocycles. The molecular weight excluding hydrogens is 551 g/mol. The lowest BCUT2D eigenvalue weighted by Gasteiger charge is -2.42. The zero-order chi connectivity index (χ0) is 29.6. The highest BCUT2D eigenvalue weighted by atomic mass is 19.4. The minimum absolute atomic E-state index is 0.0103. The number of halogens is 3. The molecule has 1 amide bonds. The second-order valence-electron chi connectivity index (χ2n) is 11.4. The fourth-order valence-electron chi connectivity index (χ4n) is 6.44. The van der Waals surface area contributed by atoms with Crippen molar-refractivity contribution in [2.24, 2.45) is 13.0 Å². The zero-order valence-electron chi connectivity index (χ0n) is 23.9. The zero-order valence-corrected chi connectivity index (χ0v) is 23.9. The molecule has 4 heterocycles. The average molecular weight is 586 g/mol. The molecule has 0 atom stereocenters. The largest absolute Gasteiger partial charge is 0.416 e. The van der Waals surface area contributed by atoms with Gasteiger partial charge in [-0.05, 0) is 48.2 Å². The van der Waals surface area contributed by atoms with Crippen LogP contribution in [0.1, 0.15) is 45.7 Å². The molecule has 0 aliphatic carbocycles. The summed E-state index contributed by atoms with van der Waals surface area (Å²) >= 11 is 0. The Bertz CT molecular complexity index is 1460. The second-order valence-corrected chi connectivity index (χ2v) is 11.4. The Balaban J connectivity index is 1.28. The first-order chi connectivity index (χ1) is 20.1. The fraction of sp³-hybridized carbons (Fsp3) is 0.500. The third-order valence-electron chi connectivity index (χ3n) is 8.91. The van der Waals surface area contributed by atoms with Crippen LogP contribution < -0.4 is 9.80 Å². The lowest BCUT2D eigenvalue weighted by molar-refractivity contribution is -0.141. The minimum atomic E-state index is -4.60. The monoisotopic (exact) mass is 585 g/mol. The van der Waals surface area contributed by atoms with E-state index in [-0.39, 0.29) is 35.3 Å². The van der Waals surface area contributed by atoms with Gasteiger partial charge in [0.05, 0.1) is 25.3 Å². The Hall–Kier alpha value is -3.48. The molecule has 2 saturated heterocycles. The van der Waals surface area contributed by atoms with Gasteiger partial charge in [0.15, 0.2) is 6.29 Å². The first-order valence-corrected chi connectivity index (χ1v) is 14.0. The molecule has 3 aromatic rings. The van der Waals surface area contributed by atoms with E-state index in [1.807, 2.05) is 34.7 Å². The van der Waals surface area contributed by atoms with Crippen LogP contribution in [0.4, 0.5) is 24.5 Å². The number of hydrogen-bond donors (Lipinski definition) is 0. The predicted octanol–water partition coefficient (Wildman–Crippen LogP) is 4.34. The average Bonchev–Trinajstić information content (AvgIpc) is 3.52. The summed E-state index contributed by atoms with van der Waals surface area (Å²) in [7, 11) is 5.05. The topological polar surface area (TPSA) is 82.0 Å². The normalized spacial score (nSPS) is 19.0. The highest BCUT2D eigenvalue weighted by Crippen LogP contribution is 2.43. The van der Waals surface area contributed by atoms with Crippen molar-refractivity contribution >= 4 is 17.3 Å². The second kappa shape index (κ2) is 11.0.